The first kappa shape index (κ1) is 28.2. The second kappa shape index (κ2) is 13.3. The van der Waals surface area contributed by atoms with Gasteiger partial charge < -0.3 is 19.4 Å². The highest BCUT2D eigenvalue weighted by Gasteiger charge is 2.13. The molecule has 0 radical (unpaired) electrons. The van der Waals surface area contributed by atoms with E-state index in [1.54, 1.807) is 19.2 Å². The molecule has 1 N–H and O–H groups in total. The van der Waals surface area contributed by atoms with E-state index in [1.165, 1.54) is 11.1 Å². The number of ether oxygens (including phenoxy) is 2. The monoisotopic (exact) mass is 527 g/mol. The quantitative estimate of drug-likeness (QED) is 0.191. The van der Waals surface area contributed by atoms with Crippen molar-refractivity contribution < 1.29 is 14.3 Å². The SMILES string of the molecule is COc1cccc(C(=O)NCCCCCc2nc3ccccc3n2CCCOc2ccc(C(C)(C)C)cc2)c1. The van der Waals surface area contributed by atoms with Gasteiger partial charge in [0.05, 0.1) is 24.8 Å². The number of imidazole rings is 1. The third-order valence-corrected chi connectivity index (χ3v) is 6.94. The summed E-state index contributed by atoms with van der Waals surface area (Å²) in [6.45, 7) is 8.84. The third-order valence-electron chi connectivity index (χ3n) is 6.94. The molecule has 0 atom stereocenters. The van der Waals surface area contributed by atoms with Crippen molar-refractivity contribution in [1.29, 1.82) is 0 Å². The lowest BCUT2D eigenvalue weighted by Crippen LogP contribution is -2.24. The van der Waals surface area contributed by atoms with Crippen molar-refractivity contribution in [2.24, 2.45) is 0 Å². The largest absolute Gasteiger partial charge is 0.497 e. The Hall–Kier alpha value is -3.80. The van der Waals surface area contributed by atoms with E-state index in [-0.39, 0.29) is 11.3 Å². The highest BCUT2D eigenvalue weighted by atomic mass is 16.5. The molecule has 0 saturated carbocycles. The van der Waals surface area contributed by atoms with Crippen LogP contribution in [-0.2, 0) is 18.4 Å². The topological polar surface area (TPSA) is 65.4 Å². The van der Waals surface area contributed by atoms with Gasteiger partial charge in [0.15, 0.2) is 0 Å². The van der Waals surface area contributed by atoms with Gasteiger partial charge in [0.2, 0.25) is 0 Å². The molecule has 0 aliphatic rings. The van der Waals surface area contributed by atoms with Crippen LogP contribution in [0.2, 0.25) is 0 Å². The number of unbranched alkanes of at least 4 members (excludes halogenated alkanes) is 2. The van der Waals surface area contributed by atoms with Gasteiger partial charge in [-0.3, -0.25) is 4.79 Å². The highest BCUT2D eigenvalue weighted by Crippen LogP contribution is 2.24. The molecule has 4 rings (SSSR count). The number of aromatic nitrogens is 2. The van der Waals surface area contributed by atoms with Gasteiger partial charge >= 0.3 is 0 Å². The number of methoxy groups -OCH3 is 1. The molecule has 39 heavy (non-hydrogen) atoms. The Labute approximate surface area is 232 Å². The van der Waals surface area contributed by atoms with E-state index in [2.05, 4.69) is 73.1 Å². The number of hydrogen-bond donors (Lipinski definition) is 1. The Morgan fingerprint density at radius 2 is 1.69 bits per heavy atom. The Balaban J connectivity index is 1.24. The number of fused-ring (bicyclic) bond motifs is 1. The molecular weight excluding hydrogens is 486 g/mol. The van der Waals surface area contributed by atoms with Crippen LogP contribution >= 0.6 is 0 Å². The number of rotatable bonds is 13. The van der Waals surface area contributed by atoms with Crippen molar-refractivity contribution in [3.63, 3.8) is 0 Å². The van der Waals surface area contributed by atoms with Gasteiger partial charge in [0.25, 0.3) is 5.91 Å². The number of carbonyl (C=O) groups excluding carboxylic acids is 1. The molecule has 0 unspecified atom stereocenters. The first-order chi connectivity index (χ1) is 18.8. The van der Waals surface area contributed by atoms with Gasteiger partial charge in [-0.1, -0.05) is 57.5 Å². The van der Waals surface area contributed by atoms with Crippen LogP contribution in [0, 0.1) is 0 Å². The van der Waals surface area contributed by atoms with Gasteiger partial charge in [-0.2, -0.15) is 0 Å². The lowest BCUT2D eigenvalue weighted by atomic mass is 9.87. The maximum absolute atomic E-state index is 12.4. The zero-order chi connectivity index (χ0) is 27.7. The Morgan fingerprint density at radius 3 is 2.46 bits per heavy atom. The van der Waals surface area contributed by atoms with Crippen molar-refractivity contribution in [3.05, 3.63) is 89.7 Å². The molecular formula is C33H41N3O3. The number of carbonyl (C=O) groups is 1. The first-order valence-corrected chi connectivity index (χ1v) is 13.9. The molecule has 0 bridgehead atoms. The molecule has 3 aromatic carbocycles. The van der Waals surface area contributed by atoms with Crippen molar-refractivity contribution in [2.75, 3.05) is 20.3 Å². The summed E-state index contributed by atoms with van der Waals surface area (Å²) >= 11 is 0. The maximum Gasteiger partial charge on any atom is 0.251 e. The minimum atomic E-state index is -0.0666. The molecule has 1 heterocycles. The summed E-state index contributed by atoms with van der Waals surface area (Å²) in [5.74, 6) is 2.65. The lowest BCUT2D eigenvalue weighted by molar-refractivity contribution is 0.0952. The van der Waals surface area contributed by atoms with Gasteiger partial charge in [0.1, 0.15) is 17.3 Å². The maximum atomic E-state index is 12.4. The van der Waals surface area contributed by atoms with Crippen molar-refractivity contribution >= 4 is 16.9 Å². The molecule has 206 valence electrons. The number of aryl methyl sites for hydroxylation is 2. The summed E-state index contributed by atoms with van der Waals surface area (Å²) in [6.07, 6.45) is 4.79. The summed E-state index contributed by atoms with van der Waals surface area (Å²) in [7, 11) is 1.60. The van der Waals surface area contributed by atoms with Crippen LogP contribution in [0.15, 0.2) is 72.8 Å². The number of hydrogen-bond acceptors (Lipinski definition) is 4. The van der Waals surface area contributed by atoms with E-state index in [1.807, 2.05) is 18.2 Å². The molecule has 4 aromatic rings. The molecule has 0 fully saturated rings. The normalized spacial score (nSPS) is 11.5. The van der Waals surface area contributed by atoms with Crippen molar-refractivity contribution in [3.8, 4) is 11.5 Å². The molecule has 1 aromatic heterocycles. The smallest absolute Gasteiger partial charge is 0.251 e. The molecule has 0 aliphatic carbocycles. The van der Waals surface area contributed by atoms with Gasteiger partial charge in [0, 0.05) is 25.1 Å². The summed E-state index contributed by atoms with van der Waals surface area (Å²) in [5, 5.41) is 3.01. The summed E-state index contributed by atoms with van der Waals surface area (Å²) in [4.78, 5) is 17.3. The van der Waals surface area contributed by atoms with Crippen molar-refractivity contribution in [1.82, 2.24) is 14.9 Å². The van der Waals surface area contributed by atoms with Crippen LogP contribution in [-0.4, -0.2) is 35.7 Å². The van der Waals surface area contributed by atoms with Gasteiger partial charge in [-0.05, 0) is 72.7 Å². The van der Waals surface area contributed by atoms with E-state index in [9.17, 15) is 4.79 Å². The fourth-order valence-corrected chi connectivity index (χ4v) is 4.68. The summed E-state index contributed by atoms with van der Waals surface area (Å²) in [6, 6.07) is 24.0. The average Bonchev–Trinajstić information content (AvgIpc) is 3.29. The van der Waals surface area contributed by atoms with Crippen LogP contribution in [0.25, 0.3) is 11.0 Å². The second-order valence-electron chi connectivity index (χ2n) is 10.9. The van der Waals surface area contributed by atoms with Crippen LogP contribution in [0.1, 0.15) is 68.2 Å². The number of amides is 1. The van der Waals surface area contributed by atoms with Crippen LogP contribution < -0.4 is 14.8 Å². The molecule has 6 heteroatoms. The molecule has 1 amide bonds. The van der Waals surface area contributed by atoms with E-state index in [0.29, 0.717) is 24.5 Å². The minimum absolute atomic E-state index is 0.0666. The van der Waals surface area contributed by atoms with Gasteiger partial charge in [-0.25, -0.2) is 4.98 Å². The summed E-state index contributed by atoms with van der Waals surface area (Å²) < 4.78 is 13.6. The number of benzene rings is 3. The fraction of sp³-hybridized carbons (Fsp3) is 0.394. The third kappa shape index (κ3) is 7.85. The molecule has 0 aliphatic heterocycles. The van der Waals surface area contributed by atoms with Crippen LogP contribution in [0.3, 0.4) is 0 Å². The van der Waals surface area contributed by atoms with Crippen LogP contribution in [0.5, 0.6) is 11.5 Å². The van der Waals surface area contributed by atoms with Gasteiger partial charge in [-0.15, -0.1) is 0 Å². The standard InChI is InChI=1S/C33H41N3O3/c1-33(2,3)26-17-19-27(20-18-26)39-23-11-22-36-30-15-8-7-14-29(30)35-31(36)16-6-5-9-21-34-32(37)25-12-10-13-28(24-25)38-4/h7-8,10,12-15,17-20,24H,5-6,9,11,16,21-23H2,1-4H3,(H,34,37). The van der Waals surface area contributed by atoms with E-state index in [0.717, 1.165) is 55.7 Å². The van der Waals surface area contributed by atoms with Crippen LogP contribution in [0.4, 0.5) is 0 Å². The Kier molecular flexibility index (Phi) is 9.64. The molecule has 6 nitrogen and oxygen atoms in total. The predicted octanol–water partition coefficient (Wildman–Crippen LogP) is 6.95. The number of nitrogens with one attached hydrogen (secondary N) is 1. The Bertz CT molecular complexity index is 1350. The zero-order valence-electron chi connectivity index (χ0n) is 23.7. The highest BCUT2D eigenvalue weighted by molar-refractivity contribution is 5.94. The predicted molar refractivity (Wildman–Crippen MR) is 158 cm³/mol. The van der Waals surface area contributed by atoms with E-state index >= 15 is 0 Å². The van der Waals surface area contributed by atoms with E-state index < -0.39 is 0 Å². The second-order valence-corrected chi connectivity index (χ2v) is 10.9. The lowest BCUT2D eigenvalue weighted by Gasteiger charge is -2.19. The first-order valence-electron chi connectivity index (χ1n) is 13.9. The average molecular weight is 528 g/mol. The van der Waals surface area contributed by atoms with E-state index in [4.69, 9.17) is 14.5 Å². The summed E-state index contributed by atoms with van der Waals surface area (Å²) in [5.41, 5.74) is 4.28. The number of nitrogens with zero attached hydrogens (tertiary/aromatic N) is 2. The minimum Gasteiger partial charge on any atom is -0.497 e. The zero-order valence-corrected chi connectivity index (χ0v) is 23.7. The van der Waals surface area contributed by atoms with Crippen molar-refractivity contribution in [2.45, 2.75) is 64.8 Å². The molecule has 0 spiro atoms. The Morgan fingerprint density at radius 1 is 0.897 bits per heavy atom. The molecule has 0 saturated heterocycles. The fourth-order valence-electron chi connectivity index (χ4n) is 4.68. The number of para-hydroxylation sites is 2.